The molecule has 1 fully saturated rings. The molecule has 1 aliphatic rings. The van der Waals surface area contributed by atoms with Crippen molar-refractivity contribution >= 4 is 41.2 Å². The Morgan fingerprint density at radius 2 is 2.37 bits per heavy atom. The van der Waals surface area contributed by atoms with E-state index in [1.165, 1.54) is 10.9 Å². The minimum atomic E-state index is -0.961. The smallest absolute Gasteiger partial charge is 0.325 e. The van der Waals surface area contributed by atoms with E-state index in [1.54, 1.807) is 6.07 Å². The number of hydrogen-bond acceptors (Lipinski definition) is 5. The maximum Gasteiger partial charge on any atom is 0.325 e. The predicted octanol–water partition coefficient (Wildman–Crippen LogP) is 1.14. The number of aromatic nitrogens is 2. The summed E-state index contributed by atoms with van der Waals surface area (Å²) < 4.78 is 1.28. The number of carbonyl (C=O) groups is 2. The van der Waals surface area contributed by atoms with Gasteiger partial charge in [0.05, 0.1) is 0 Å². The monoisotopic (exact) mass is 301 g/mol. The summed E-state index contributed by atoms with van der Waals surface area (Å²) in [5.74, 6) is 2.63. The van der Waals surface area contributed by atoms with Crippen LogP contribution in [0, 0.1) is 0 Å². The molecule has 2 N–H and O–H groups in total. The standard InChI is InChI=1S/C11H15N3O3S2/c15-10(5-8-7-18-3-4-19-8)12-9-1-2-14(13-9)6-11(16)17/h1-2,8H,3-7H2,(H,16,17)(H,12,13,15). The van der Waals surface area contributed by atoms with Gasteiger partial charge in [-0.05, 0) is 0 Å². The third kappa shape index (κ3) is 4.79. The minimum absolute atomic E-state index is 0.0689. The van der Waals surface area contributed by atoms with Gasteiger partial charge < -0.3 is 10.4 Å². The molecule has 1 aromatic heterocycles. The molecule has 8 heteroatoms. The van der Waals surface area contributed by atoms with Crippen molar-refractivity contribution in [2.24, 2.45) is 0 Å². The van der Waals surface area contributed by atoms with Crippen LogP contribution in [0.1, 0.15) is 6.42 Å². The van der Waals surface area contributed by atoms with Crippen molar-refractivity contribution in [1.29, 1.82) is 0 Å². The van der Waals surface area contributed by atoms with Gasteiger partial charge in [0.2, 0.25) is 5.91 Å². The minimum Gasteiger partial charge on any atom is -0.480 e. The Bertz CT molecular complexity index is 458. The summed E-state index contributed by atoms with van der Waals surface area (Å²) in [6, 6.07) is 1.60. The van der Waals surface area contributed by atoms with Crippen LogP contribution in [-0.4, -0.2) is 49.3 Å². The zero-order valence-electron chi connectivity index (χ0n) is 10.2. The molecule has 0 radical (unpaired) electrons. The lowest BCUT2D eigenvalue weighted by Crippen LogP contribution is -2.22. The third-order valence-corrected chi connectivity index (χ3v) is 5.35. The summed E-state index contributed by atoms with van der Waals surface area (Å²) in [6.45, 7) is -0.203. The maximum absolute atomic E-state index is 11.8. The van der Waals surface area contributed by atoms with Crippen molar-refractivity contribution in [3.05, 3.63) is 12.3 Å². The van der Waals surface area contributed by atoms with Crippen molar-refractivity contribution in [2.75, 3.05) is 22.6 Å². The number of rotatable bonds is 5. The van der Waals surface area contributed by atoms with E-state index in [1.807, 2.05) is 23.5 Å². The van der Waals surface area contributed by atoms with Gasteiger partial charge >= 0.3 is 5.97 Å². The lowest BCUT2D eigenvalue weighted by molar-refractivity contribution is -0.137. The van der Waals surface area contributed by atoms with Gasteiger partial charge in [-0.3, -0.25) is 14.3 Å². The molecule has 0 aliphatic carbocycles. The Kier molecular flexibility index (Phi) is 5.15. The average molecular weight is 301 g/mol. The summed E-state index contributed by atoms with van der Waals surface area (Å²) in [6.07, 6.45) is 2.01. The molecule has 1 saturated heterocycles. The number of aliphatic carboxylic acids is 1. The molecule has 1 unspecified atom stereocenters. The molecule has 1 amide bonds. The Hall–Kier alpha value is -1.15. The molecule has 2 rings (SSSR count). The molecule has 1 atom stereocenters. The van der Waals surface area contributed by atoms with Crippen molar-refractivity contribution in [3.63, 3.8) is 0 Å². The summed E-state index contributed by atoms with van der Waals surface area (Å²) >= 11 is 3.71. The molecule has 0 saturated carbocycles. The first kappa shape index (κ1) is 14.3. The van der Waals surface area contributed by atoms with Crippen LogP contribution in [0.15, 0.2) is 12.3 Å². The summed E-state index contributed by atoms with van der Waals surface area (Å²) in [5, 5.41) is 15.7. The van der Waals surface area contributed by atoms with E-state index in [2.05, 4.69) is 10.4 Å². The van der Waals surface area contributed by atoms with Crippen LogP contribution in [-0.2, 0) is 16.1 Å². The number of nitrogens with zero attached hydrogens (tertiary/aromatic N) is 2. The molecule has 19 heavy (non-hydrogen) atoms. The van der Waals surface area contributed by atoms with Gasteiger partial charge in [-0.15, -0.1) is 0 Å². The van der Waals surface area contributed by atoms with E-state index in [9.17, 15) is 9.59 Å². The average Bonchev–Trinajstić information content (AvgIpc) is 2.76. The van der Waals surface area contributed by atoms with Crippen molar-refractivity contribution < 1.29 is 14.7 Å². The lowest BCUT2D eigenvalue weighted by Gasteiger charge is -2.19. The van der Waals surface area contributed by atoms with Gasteiger partial charge in [0.1, 0.15) is 6.54 Å². The maximum atomic E-state index is 11.8. The number of thioether (sulfide) groups is 2. The van der Waals surface area contributed by atoms with E-state index in [0.717, 1.165) is 17.3 Å². The second kappa shape index (κ2) is 6.85. The Balaban J connectivity index is 1.81. The highest BCUT2D eigenvalue weighted by Crippen LogP contribution is 2.26. The van der Waals surface area contributed by atoms with Crippen LogP contribution in [0.3, 0.4) is 0 Å². The number of carboxylic acids is 1. The SMILES string of the molecule is O=C(O)Cn1ccc(NC(=O)CC2CSCCS2)n1. The van der Waals surface area contributed by atoms with Crippen LogP contribution < -0.4 is 5.32 Å². The molecular weight excluding hydrogens is 286 g/mol. The number of carboxylic acid groups (broad SMARTS) is 1. The van der Waals surface area contributed by atoms with Gasteiger partial charge in [0, 0.05) is 41.2 Å². The predicted molar refractivity (Wildman–Crippen MR) is 76.7 cm³/mol. The largest absolute Gasteiger partial charge is 0.480 e. The zero-order chi connectivity index (χ0) is 13.7. The molecule has 1 aliphatic heterocycles. The summed E-state index contributed by atoms with van der Waals surface area (Å²) in [5.41, 5.74) is 0. The molecule has 1 aromatic rings. The third-order valence-electron chi connectivity index (χ3n) is 2.50. The van der Waals surface area contributed by atoms with Crippen LogP contribution in [0.5, 0.6) is 0 Å². The first-order chi connectivity index (χ1) is 9.13. The Morgan fingerprint density at radius 3 is 3.05 bits per heavy atom. The van der Waals surface area contributed by atoms with E-state index < -0.39 is 5.97 Å². The highest BCUT2D eigenvalue weighted by molar-refractivity contribution is 8.06. The fraction of sp³-hybridized carbons (Fsp3) is 0.545. The van der Waals surface area contributed by atoms with E-state index in [-0.39, 0.29) is 12.5 Å². The molecule has 0 spiro atoms. The van der Waals surface area contributed by atoms with Crippen molar-refractivity contribution in [2.45, 2.75) is 18.2 Å². The van der Waals surface area contributed by atoms with Gasteiger partial charge in [0.25, 0.3) is 0 Å². The summed E-state index contributed by atoms with van der Waals surface area (Å²) in [7, 11) is 0. The number of carbonyl (C=O) groups excluding carboxylic acids is 1. The number of amides is 1. The van der Waals surface area contributed by atoms with Gasteiger partial charge in [-0.1, -0.05) is 0 Å². The molecule has 0 bridgehead atoms. The molecule has 104 valence electrons. The number of anilines is 1. The van der Waals surface area contributed by atoms with Crippen LogP contribution in [0.4, 0.5) is 5.82 Å². The molecular formula is C11H15N3O3S2. The lowest BCUT2D eigenvalue weighted by atomic mass is 10.3. The molecule has 6 nitrogen and oxygen atoms in total. The first-order valence-corrected chi connectivity index (χ1v) is 8.08. The van der Waals surface area contributed by atoms with E-state index >= 15 is 0 Å². The second-order valence-corrected chi connectivity index (χ2v) is 6.67. The highest BCUT2D eigenvalue weighted by Gasteiger charge is 2.18. The highest BCUT2D eigenvalue weighted by atomic mass is 32.2. The topological polar surface area (TPSA) is 84.2 Å². The van der Waals surface area contributed by atoms with Crippen LogP contribution in [0.25, 0.3) is 0 Å². The summed E-state index contributed by atoms with van der Waals surface area (Å²) in [4.78, 5) is 22.3. The van der Waals surface area contributed by atoms with E-state index in [0.29, 0.717) is 17.5 Å². The quantitative estimate of drug-likeness (QED) is 0.848. The van der Waals surface area contributed by atoms with E-state index in [4.69, 9.17) is 5.11 Å². The normalized spacial score (nSPS) is 19.1. The number of nitrogens with one attached hydrogen (secondary N) is 1. The second-order valence-electron chi connectivity index (χ2n) is 4.11. The Labute approximate surface area is 119 Å². The first-order valence-electron chi connectivity index (χ1n) is 5.88. The van der Waals surface area contributed by atoms with Crippen molar-refractivity contribution in [3.8, 4) is 0 Å². The molecule has 2 heterocycles. The fourth-order valence-electron chi connectivity index (χ4n) is 1.71. The number of hydrogen-bond donors (Lipinski definition) is 2. The zero-order valence-corrected chi connectivity index (χ0v) is 11.9. The van der Waals surface area contributed by atoms with Crippen LogP contribution >= 0.6 is 23.5 Å². The van der Waals surface area contributed by atoms with Crippen molar-refractivity contribution in [1.82, 2.24) is 9.78 Å². The Morgan fingerprint density at radius 1 is 1.53 bits per heavy atom. The molecule has 0 aromatic carbocycles. The fourth-order valence-corrected chi connectivity index (χ4v) is 4.39. The van der Waals surface area contributed by atoms with Crippen LogP contribution in [0.2, 0.25) is 0 Å². The van der Waals surface area contributed by atoms with Gasteiger partial charge in [-0.2, -0.15) is 28.6 Å². The van der Waals surface area contributed by atoms with Gasteiger partial charge in [-0.25, -0.2) is 0 Å². The van der Waals surface area contributed by atoms with Gasteiger partial charge in [0.15, 0.2) is 5.82 Å².